The largest absolute Gasteiger partial charge is 0.448 e. The minimum absolute atomic E-state index is 0.248. The fraction of sp³-hybridized carbons (Fsp3) is 0.227. The molecule has 5 nitrogen and oxygen atoms in total. The molecule has 0 saturated carbocycles. The highest BCUT2D eigenvalue weighted by molar-refractivity contribution is 7.17. The van der Waals surface area contributed by atoms with E-state index in [0.717, 1.165) is 16.1 Å². The van der Waals surface area contributed by atoms with Gasteiger partial charge in [-0.2, -0.15) is 0 Å². The summed E-state index contributed by atoms with van der Waals surface area (Å²) in [6.07, 6.45) is -0.872. The van der Waals surface area contributed by atoms with E-state index in [1.54, 1.807) is 25.8 Å². The highest BCUT2D eigenvalue weighted by Gasteiger charge is 2.25. The zero-order valence-electron chi connectivity index (χ0n) is 16.1. The van der Waals surface area contributed by atoms with Crippen molar-refractivity contribution in [2.45, 2.75) is 26.5 Å². The Bertz CT molecular complexity index is 954. The van der Waals surface area contributed by atoms with Crippen molar-refractivity contribution in [1.82, 2.24) is 9.88 Å². The Balaban J connectivity index is 1.65. The molecule has 0 bridgehead atoms. The van der Waals surface area contributed by atoms with Crippen LogP contribution in [0.25, 0.3) is 10.6 Å². The molecule has 3 rings (SSSR count). The molecule has 1 aromatic heterocycles. The summed E-state index contributed by atoms with van der Waals surface area (Å²) in [6.45, 7) is 3.82. The standard InChI is InChI=1S/C22H22N2O3S/c1-15-19(28-20(23-15)18-12-8-5-9-13-18)22(26)27-16(2)21(25)24(3)14-17-10-6-4-7-11-17/h4-13,16H,14H2,1-3H3/t16-/m0/s1. The molecule has 1 atom stereocenters. The van der Waals surface area contributed by atoms with Crippen molar-refractivity contribution in [1.29, 1.82) is 0 Å². The van der Waals surface area contributed by atoms with Gasteiger partial charge in [-0.3, -0.25) is 4.79 Å². The van der Waals surface area contributed by atoms with Gasteiger partial charge in [-0.1, -0.05) is 60.7 Å². The minimum Gasteiger partial charge on any atom is -0.448 e. The van der Waals surface area contributed by atoms with Crippen LogP contribution in [0, 0.1) is 6.92 Å². The van der Waals surface area contributed by atoms with E-state index in [4.69, 9.17) is 4.74 Å². The molecule has 0 unspecified atom stereocenters. The normalized spacial score (nSPS) is 11.7. The number of thiazole rings is 1. The molecule has 3 aromatic rings. The van der Waals surface area contributed by atoms with Gasteiger partial charge in [0.15, 0.2) is 6.10 Å². The molecule has 0 aliphatic heterocycles. The second kappa shape index (κ2) is 8.80. The summed E-state index contributed by atoms with van der Waals surface area (Å²) in [4.78, 5) is 31.6. The summed E-state index contributed by atoms with van der Waals surface area (Å²) >= 11 is 1.27. The lowest BCUT2D eigenvalue weighted by atomic mass is 10.2. The van der Waals surface area contributed by atoms with Crippen LogP contribution in [0.1, 0.15) is 27.9 Å². The van der Waals surface area contributed by atoms with Gasteiger partial charge in [0.25, 0.3) is 5.91 Å². The lowest BCUT2D eigenvalue weighted by molar-refractivity contribution is -0.139. The number of carbonyl (C=O) groups is 2. The predicted molar refractivity (Wildman–Crippen MR) is 110 cm³/mol. The lowest BCUT2D eigenvalue weighted by Crippen LogP contribution is -2.37. The first-order valence-corrected chi connectivity index (χ1v) is 9.80. The third kappa shape index (κ3) is 4.64. The van der Waals surface area contributed by atoms with Gasteiger partial charge in [-0.15, -0.1) is 11.3 Å². The van der Waals surface area contributed by atoms with E-state index in [2.05, 4.69) is 4.98 Å². The van der Waals surface area contributed by atoms with E-state index in [0.29, 0.717) is 17.1 Å². The quantitative estimate of drug-likeness (QED) is 0.584. The molecule has 6 heteroatoms. The van der Waals surface area contributed by atoms with Crippen LogP contribution >= 0.6 is 11.3 Å². The van der Waals surface area contributed by atoms with Crippen LogP contribution in [0.15, 0.2) is 60.7 Å². The van der Waals surface area contributed by atoms with Crippen LogP contribution in [-0.4, -0.2) is 34.9 Å². The number of hydrogen-bond acceptors (Lipinski definition) is 5. The Morgan fingerprint density at radius 1 is 1.07 bits per heavy atom. The Morgan fingerprint density at radius 3 is 2.32 bits per heavy atom. The maximum absolute atomic E-state index is 12.6. The summed E-state index contributed by atoms with van der Waals surface area (Å²) in [5.41, 5.74) is 2.56. The molecule has 0 aliphatic rings. The van der Waals surface area contributed by atoms with Crippen LogP contribution in [0.5, 0.6) is 0 Å². The van der Waals surface area contributed by atoms with Crippen molar-refractivity contribution in [3.8, 4) is 10.6 Å². The van der Waals surface area contributed by atoms with Crippen molar-refractivity contribution in [2.24, 2.45) is 0 Å². The number of aryl methyl sites for hydroxylation is 1. The zero-order chi connectivity index (χ0) is 20.1. The SMILES string of the molecule is Cc1nc(-c2ccccc2)sc1C(=O)O[C@@H](C)C(=O)N(C)Cc1ccccc1. The number of hydrogen-bond donors (Lipinski definition) is 0. The first kappa shape index (κ1) is 19.8. The number of esters is 1. The molecule has 2 aromatic carbocycles. The molecule has 144 valence electrons. The molecule has 0 saturated heterocycles. The highest BCUT2D eigenvalue weighted by Crippen LogP contribution is 2.28. The van der Waals surface area contributed by atoms with Crippen LogP contribution < -0.4 is 0 Å². The van der Waals surface area contributed by atoms with Gasteiger partial charge in [0.05, 0.1) is 5.69 Å². The summed E-state index contributed by atoms with van der Waals surface area (Å²) in [5, 5.41) is 0.755. The molecule has 1 amide bonds. The van der Waals surface area contributed by atoms with Crippen LogP contribution in [0.3, 0.4) is 0 Å². The Labute approximate surface area is 168 Å². The van der Waals surface area contributed by atoms with Crippen molar-refractivity contribution in [3.05, 3.63) is 76.8 Å². The van der Waals surface area contributed by atoms with Crippen LogP contribution in [0.4, 0.5) is 0 Å². The smallest absolute Gasteiger partial charge is 0.351 e. The van der Waals surface area contributed by atoms with Gasteiger partial charge in [0, 0.05) is 19.2 Å². The minimum atomic E-state index is -0.872. The van der Waals surface area contributed by atoms with Crippen molar-refractivity contribution in [2.75, 3.05) is 7.05 Å². The van der Waals surface area contributed by atoms with E-state index >= 15 is 0 Å². The summed E-state index contributed by atoms with van der Waals surface area (Å²) in [6, 6.07) is 19.3. The van der Waals surface area contributed by atoms with E-state index in [1.165, 1.54) is 11.3 Å². The van der Waals surface area contributed by atoms with Crippen LogP contribution in [-0.2, 0) is 16.1 Å². The molecule has 0 aliphatic carbocycles. The lowest BCUT2D eigenvalue weighted by Gasteiger charge is -2.21. The third-order valence-electron chi connectivity index (χ3n) is 4.27. The van der Waals surface area contributed by atoms with Gasteiger partial charge < -0.3 is 9.64 Å². The average Bonchev–Trinajstić information content (AvgIpc) is 3.10. The first-order chi connectivity index (χ1) is 13.5. The Morgan fingerprint density at radius 2 is 1.68 bits per heavy atom. The summed E-state index contributed by atoms with van der Waals surface area (Å²) in [5.74, 6) is -0.770. The fourth-order valence-electron chi connectivity index (χ4n) is 2.80. The number of amides is 1. The zero-order valence-corrected chi connectivity index (χ0v) is 16.9. The highest BCUT2D eigenvalue weighted by atomic mass is 32.1. The summed E-state index contributed by atoms with van der Waals surface area (Å²) in [7, 11) is 1.70. The second-order valence-electron chi connectivity index (χ2n) is 6.53. The molecule has 0 radical (unpaired) electrons. The fourth-order valence-corrected chi connectivity index (χ4v) is 3.75. The van der Waals surface area contributed by atoms with Crippen molar-refractivity contribution >= 4 is 23.2 Å². The summed E-state index contributed by atoms with van der Waals surface area (Å²) < 4.78 is 5.43. The number of aromatic nitrogens is 1. The van der Waals surface area contributed by atoms with Gasteiger partial charge >= 0.3 is 5.97 Å². The number of ether oxygens (including phenoxy) is 1. The van der Waals surface area contributed by atoms with E-state index in [-0.39, 0.29) is 5.91 Å². The topological polar surface area (TPSA) is 59.5 Å². The molecule has 0 fully saturated rings. The number of nitrogens with zero attached hydrogens (tertiary/aromatic N) is 2. The van der Waals surface area contributed by atoms with Gasteiger partial charge in [0.1, 0.15) is 9.88 Å². The van der Waals surface area contributed by atoms with Gasteiger partial charge in [-0.05, 0) is 19.4 Å². The number of rotatable bonds is 6. The molecule has 0 N–H and O–H groups in total. The maximum Gasteiger partial charge on any atom is 0.351 e. The van der Waals surface area contributed by atoms with Crippen LogP contribution in [0.2, 0.25) is 0 Å². The molecule has 1 heterocycles. The van der Waals surface area contributed by atoms with Gasteiger partial charge in [0.2, 0.25) is 0 Å². The molecular weight excluding hydrogens is 372 g/mol. The van der Waals surface area contributed by atoms with Crippen molar-refractivity contribution in [3.63, 3.8) is 0 Å². The van der Waals surface area contributed by atoms with E-state index in [9.17, 15) is 9.59 Å². The first-order valence-electron chi connectivity index (χ1n) is 8.98. The van der Waals surface area contributed by atoms with E-state index in [1.807, 2.05) is 60.7 Å². The second-order valence-corrected chi connectivity index (χ2v) is 7.53. The number of carbonyl (C=O) groups excluding carboxylic acids is 2. The molecule has 0 spiro atoms. The Kier molecular flexibility index (Phi) is 6.21. The molecular formula is C22H22N2O3S. The maximum atomic E-state index is 12.6. The van der Waals surface area contributed by atoms with Gasteiger partial charge in [-0.25, -0.2) is 9.78 Å². The predicted octanol–water partition coefficient (Wildman–Crippen LogP) is 4.32. The van der Waals surface area contributed by atoms with Crippen molar-refractivity contribution < 1.29 is 14.3 Å². The Hall–Kier alpha value is -2.99. The van der Waals surface area contributed by atoms with E-state index < -0.39 is 12.1 Å². The monoisotopic (exact) mass is 394 g/mol. The molecule has 28 heavy (non-hydrogen) atoms. The number of likely N-dealkylation sites (N-methyl/N-ethyl adjacent to an activating group) is 1. The number of benzene rings is 2. The third-order valence-corrected chi connectivity index (χ3v) is 5.46. The average molecular weight is 394 g/mol.